The molecule has 19 heavy (non-hydrogen) atoms. The van der Waals surface area contributed by atoms with Crippen molar-refractivity contribution < 1.29 is 8.78 Å². The van der Waals surface area contributed by atoms with Gasteiger partial charge in [0.1, 0.15) is 11.6 Å². The van der Waals surface area contributed by atoms with Crippen molar-refractivity contribution in [3.8, 4) is 0 Å². The van der Waals surface area contributed by atoms with Gasteiger partial charge in [-0.2, -0.15) is 0 Å². The SMILES string of the molecule is Cc1cc(F)c(NCc2c(C)cccc2C)cc1F. The number of rotatable bonds is 3. The average Bonchev–Trinajstić information content (AvgIpc) is 2.34. The van der Waals surface area contributed by atoms with Crippen LogP contribution in [0.2, 0.25) is 0 Å². The van der Waals surface area contributed by atoms with Gasteiger partial charge >= 0.3 is 0 Å². The van der Waals surface area contributed by atoms with Crippen LogP contribution in [0.1, 0.15) is 22.3 Å². The van der Waals surface area contributed by atoms with E-state index in [4.69, 9.17) is 0 Å². The highest BCUT2D eigenvalue weighted by Gasteiger charge is 2.08. The Morgan fingerprint density at radius 3 is 2.16 bits per heavy atom. The second kappa shape index (κ2) is 5.39. The van der Waals surface area contributed by atoms with Crippen molar-refractivity contribution in [2.75, 3.05) is 5.32 Å². The van der Waals surface area contributed by atoms with Crippen molar-refractivity contribution in [3.05, 3.63) is 64.2 Å². The van der Waals surface area contributed by atoms with Crippen molar-refractivity contribution in [2.45, 2.75) is 27.3 Å². The van der Waals surface area contributed by atoms with Crippen LogP contribution in [0.15, 0.2) is 30.3 Å². The molecular weight excluding hydrogens is 244 g/mol. The molecule has 2 rings (SSSR count). The zero-order chi connectivity index (χ0) is 14.0. The molecule has 0 unspecified atom stereocenters. The lowest BCUT2D eigenvalue weighted by Gasteiger charge is -2.13. The summed E-state index contributed by atoms with van der Waals surface area (Å²) in [7, 11) is 0. The molecule has 0 heterocycles. The van der Waals surface area contributed by atoms with E-state index < -0.39 is 11.6 Å². The topological polar surface area (TPSA) is 12.0 Å². The molecular formula is C16H17F2N. The molecule has 1 nitrogen and oxygen atoms in total. The normalized spacial score (nSPS) is 10.6. The van der Waals surface area contributed by atoms with Crippen LogP contribution in [-0.2, 0) is 6.54 Å². The second-order valence-electron chi connectivity index (χ2n) is 4.81. The largest absolute Gasteiger partial charge is 0.378 e. The molecule has 0 spiro atoms. The van der Waals surface area contributed by atoms with Gasteiger partial charge in [-0.05, 0) is 49.1 Å². The van der Waals surface area contributed by atoms with Gasteiger partial charge in [-0.15, -0.1) is 0 Å². The summed E-state index contributed by atoms with van der Waals surface area (Å²) in [6.07, 6.45) is 0. The Morgan fingerprint density at radius 1 is 0.895 bits per heavy atom. The standard InChI is InChI=1S/C16H17F2N/c1-10-5-4-6-11(2)13(10)9-19-16-8-14(17)12(3)7-15(16)18/h4-8,19H,9H2,1-3H3. The molecule has 0 aromatic heterocycles. The molecule has 0 radical (unpaired) electrons. The Hall–Kier alpha value is -1.90. The molecule has 3 heteroatoms. The van der Waals surface area contributed by atoms with Crippen molar-refractivity contribution in [1.82, 2.24) is 0 Å². The lowest BCUT2D eigenvalue weighted by atomic mass is 10.0. The summed E-state index contributed by atoms with van der Waals surface area (Å²) >= 11 is 0. The average molecular weight is 261 g/mol. The maximum absolute atomic E-state index is 13.7. The monoisotopic (exact) mass is 261 g/mol. The Morgan fingerprint density at radius 2 is 1.53 bits per heavy atom. The summed E-state index contributed by atoms with van der Waals surface area (Å²) in [6, 6.07) is 8.42. The van der Waals surface area contributed by atoms with Gasteiger partial charge in [0.05, 0.1) is 5.69 Å². The minimum Gasteiger partial charge on any atom is -0.378 e. The number of benzene rings is 2. The Balaban J connectivity index is 2.22. The van der Waals surface area contributed by atoms with Crippen LogP contribution in [0.25, 0.3) is 0 Å². The molecule has 0 atom stereocenters. The van der Waals surface area contributed by atoms with E-state index in [0.717, 1.165) is 16.7 Å². The van der Waals surface area contributed by atoms with Crippen LogP contribution in [0.5, 0.6) is 0 Å². The highest BCUT2D eigenvalue weighted by Crippen LogP contribution is 2.21. The number of nitrogens with one attached hydrogen (secondary N) is 1. The molecule has 0 saturated carbocycles. The Labute approximate surface area is 112 Å². The summed E-state index contributed by atoms with van der Waals surface area (Å²) < 4.78 is 27.1. The number of hydrogen-bond acceptors (Lipinski definition) is 1. The summed E-state index contributed by atoms with van der Waals surface area (Å²) in [5.74, 6) is -0.824. The van der Waals surface area contributed by atoms with Crippen LogP contribution >= 0.6 is 0 Å². The smallest absolute Gasteiger partial charge is 0.146 e. The van der Waals surface area contributed by atoms with Crippen molar-refractivity contribution in [3.63, 3.8) is 0 Å². The predicted octanol–water partition coefficient (Wildman–Crippen LogP) is 4.50. The molecule has 1 N–H and O–H groups in total. The van der Waals surface area contributed by atoms with Crippen molar-refractivity contribution >= 4 is 5.69 Å². The van der Waals surface area contributed by atoms with Crippen LogP contribution in [0.4, 0.5) is 14.5 Å². The quantitative estimate of drug-likeness (QED) is 0.857. The third kappa shape index (κ3) is 2.92. The minimum atomic E-state index is -0.426. The number of anilines is 1. The van der Waals surface area contributed by atoms with Gasteiger partial charge in [-0.1, -0.05) is 18.2 Å². The second-order valence-corrected chi connectivity index (χ2v) is 4.81. The lowest BCUT2D eigenvalue weighted by molar-refractivity contribution is 0.594. The Bertz CT molecular complexity index is 586. The van der Waals surface area contributed by atoms with Gasteiger partial charge in [0.25, 0.3) is 0 Å². The van der Waals surface area contributed by atoms with E-state index in [1.807, 2.05) is 32.0 Å². The zero-order valence-corrected chi connectivity index (χ0v) is 11.3. The number of aryl methyl sites for hydroxylation is 3. The maximum Gasteiger partial charge on any atom is 0.146 e. The van der Waals surface area contributed by atoms with E-state index in [0.29, 0.717) is 12.1 Å². The lowest BCUT2D eigenvalue weighted by Crippen LogP contribution is -2.05. The first-order chi connectivity index (χ1) is 8.99. The first kappa shape index (κ1) is 13.5. The van der Waals surface area contributed by atoms with Crippen LogP contribution in [-0.4, -0.2) is 0 Å². The third-order valence-electron chi connectivity index (χ3n) is 3.35. The molecule has 0 fully saturated rings. The summed E-state index contributed by atoms with van der Waals surface area (Å²) in [5, 5.41) is 2.96. The number of hydrogen-bond donors (Lipinski definition) is 1. The van der Waals surface area contributed by atoms with E-state index in [2.05, 4.69) is 5.32 Å². The maximum atomic E-state index is 13.7. The molecule has 0 amide bonds. The molecule has 2 aromatic rings. The van der Waals surface area contributed by atoms with Gasteiger partial charge in [0.15, 0.2) is 0 Å². The molecule has 100 valence electrons. The summed E-state index contributed by atoms with van der Waals surface area (Å²) in [5.41, 5.74) is 3.91. The molecule has 2 aromatic carbocycles. The Kier molecular flexibility index (Phi) is 3.84. The van der Waals surface area contributed by atoms with E-state index in [9.17, 15) is 8.78 Å². The molecule has 0 bridgehead atoms. The molecule has 0 aliphatic carbocycles. The highest BCUT2D eigenvalue weighted by molar-refractivity contribution is 5.48. The van der Waals surface area contributed by atoms with Crippen LogP contribution in [0.3, 0.4) is 0 Å². The zero-order valence-electron chi connectivity index (χ0n) is 11.3. The number of halogens is 2. The van der Waals surface area contributed by atoms with E-state index in [-0.39, 0.29) is 5.69 Å². The molecule has 0 aliphatic rings. The van der Waals surface area contributed by atoms with E-state index in [1.165, 1.54) is 12.1 Å². The van der Waals surface area contributed by atoms with Gasteiger partial charge < -0.3 is 5.32 Å². The summed E-state index contributed by atoms with van der Waals surface area (Å²) in [6.45, 7) is 6.05. The van der Waals surface area contributed by atoms with Gasteiger partial charge in [0.2, 0.25) is 0 Å². The van der Waals surface area contributed by atoms with Crippen LogP contribution in [0, 0.1) is 32.4 Å². The third-order valence-corrected chi connectivity index (χ3v) is 3.35. The first-order valence-electron chi connectivity index (χ1n) is 6.23. The van der Waals surface area contributed by atoms with Gasteiger partial charge in [-0.25, -0.2) is 8.78 Å². The van der Waals surface area contributed by atoms with Crippen molar-refractivity contribution in [1.29, 1.82) is 0 Å². The highest BCUT2D eigenvalue weighted by atomic mass is 19.1. The van der Waals surface area contributed by atoms with Crippen molar-refractivity contribution in [2.24, 2.45) is 0 Å². The van der Waals surface area contributed by atoms with Gasteiger partial charge in [-0.3, -0.25) is 0 Å². The minimum absolute atomic E-state index is 0.200. The predicted molar refractivity (Wildman–Crippen MR) is 74.3 cm³/mol. The first-order valence-corrected chi connectivity index (χ1v) is 6.23. The van der Waals surface area contributed by atoms with Gasteiger partial charge in [0, 0.05) is 12.6 Å². The van der Waals surface area contributed by atoms with E-state index in [1.54, 1.807) is 6.92 Å². The fraction of sp³-hybridized carbons (Fsp3) is 0.250. The fourth-order valence-electron chi connectivity index (χ4n) is 2.09. The fourth-order valence-corrected chi connectivity index (χ4v) is 2.09. The molecule has 0 saturated heterocycles. The summed E-state index contributed by atoms with van der Waals surface area (Å²) in [4.78, 5) is 0. The molecule has 0 aliphatic heterocycles. The van der Waals surface area contributed by atoms with E-state index >= 15 is 0 Å². The van der Waals surface area contributed by atoms with Crippen LogP contribution < -0.4 is 5.32 Å².